The molecule has 0 amide bonds. The van der Waals surface area contributed by atoms with Gasteiger partial charge in [0.05, 0.1) is 6.61 Å². The molecule has 4 nitrogen and oxygen atoms in total. The molecule has 2 unspecified atom stereocenters. The number of carbonyl (C=O) groups is 1. The Balaban J connectivity index is 0.000000265. The zero-order chi connectivity index (χ0) is 11.7. The van der Waals surface area contributed by atoms with E-state index in [2.05, 4.69) is 4.74 Å². The summed E-state index contributed by atoms with van der Waals surface area (Å²) in [4.78, 5) is 10.2. The average Bonchev–Trinajstić information content (AvgIpc) is 2.18. The fraction of sp³-hybridized carbons (Fsp3) is 0.909. The molecule has 0 aliphatic heterocycles. The second-order valence-corrected chi connectivity index (χ2v) is 3.85. The zero-order valence-electron chi connectivity index (χ0n) is 9.87. The van der Waals surface area contributed by atoms with Gasteiger partial charge < -0.3 is 16.2 Å². The molecule has 1 rings (SSSR count). The highest BCUT2D eigenvalue weighted by Gasteiger charge is 2.14. The van der Waals surface area contributed by atoms with E-state index in [-0.39, 0.29) is 5.97 Å². The maximum absolute atomic E-state index is 10.2. The van der Waals surface area contributed by atoms with Crippen LogP contribution in [0.25, 0.3) is 0 Å². The summed E-state index contributed by atoms with van der Waals surface area (Å²) < 4.78 is 4.55. The Hall–Kier alpha value is -0.610. The number of ether oxygens (including phenoxy) is 1. The van der Waals surface area contributed by atoms with Crippen LogP contribution in [0, 0.1) is 0 Å². The Kier molecular flexibility index (Phi) is 8.33. The Morgan fingerprint density at radius 1 is 1.27 bits per heavy atom. The second-order valence-electron chi connectivity index (χ2n) is 3.85. The van der Waals surface area contributed by atoms with E-state index < -0.39 is 0 Å². The van der Waals surface area contributed by atoms with Crippen LogP contribution in [0.15, 0.2) is 0 Å². The summed E-state index contributed by atoms with van der Waals surface area (Å²) in [5.74, 6) is -0.123. The Bertz CT molecular complexity index is 166. The number of nitrogens with two attached hydrogens (primary N) is 2. The maximum Gasteiger partial charge on any atom is 0.305 e. The molecule has 0 aromatic carbocycles. The summed E-state index contributed by atoms with van der Waals surface area (Å²) in [6.07, 6.45) is 5.08. The lowest BCUT2D eigenvalue weighted by Gasteiger charge is -2.22. The van der Waals surface area contributed by atoms with Crippen molar-refractivity contribution in [2.45, 2.75) is 58.0 Å². The number of esters is 1. The van der Waals surface area contributed by atoms with E-state index in [4.69, 9.17) is 11.5 Å². The summed E-state index contributed by atoms with van der Waals surface area (Å²) in [6.45, 7) is 4.07. The van der Waals surface area contributed by atoms with Gasteiger partial charge in [-0.1, -0.05) is 13.3 Å². The minimum atomic E-state index is -0.123. The molecular weight excluding hydrogens is 192 g/mol. The predicted octanol–water partition coefficient (Wildman–Crippen LogP) is 1.17. The van der Waals surface area contributed by atoms with Crippen LogP contribution in [0.3, 0.4) is 0 Å². The van der Waals surface area contributed by atoms with Gasteiger partial charge in [-0.05, 0) is 26.2 Å². The molecule has 0 aromatic rings. The van der Waals surface area contributed by atoms with Gasteiger partial charge in [-0.3, -0.25) is 4.79 Å². The highest BCUT2D eigenvalue weighted by atomic mass is 16.5. The molecule has 0 aromatic heterocycles. The van der Waals surface area contributed by atoms with Crippen LogP contribution in [-0.2, 0) is 9.53 Å². The Morgan fingerprint density at radius 3 is 2.00 bits per heavy atom. The quantitative estimate of drug-likeness (QED) is 0.679. The normalized spacial score (nSPS) is 25.1. The van der Waals surface area contributed by atoms with Gasteiger partial charge in [0.1, 0.15) is 0 Å². The highest BCUT2D eigenvalue weighted by molar-refractivity contribution is 5.68. The second kappa shape index (κ2) is 8.68. The van der Waals surface area contributed by atoms with Gasteiger partial charge in [-0.2, -0.15) is 0 Å². The molecule has 0 heterocycles. The third-order valence-corrected chi connectivity index (χ3v) is 2.35. The van der Waals surface area contributed by atoms with Gasteiger partial charge in [-0.15, -0.1) is 0 Å². The van der Waals surface area contributed by atoms with Gasteiger partial charge in [0.25, 0.3) is 0 Å². The summed E-state index contributed by atoms with van der Waals surface area (Å²) in [5.41, 5.74) is 11.3. The van der Waals surface area contributed by atoms with Gasteiger partial charge in [0.15, 0.2) is 0 Å². The lowest BCUT2D eigenvalue weighted by Crippen LogP contribution is -2.35. The Morgan fingerprint density at radius 2 is 1.80 bits per heavy atom. The molecule has 0 saturated heterocycles. The zero-order valence-corrected chi connectivity index (χ0v) is 9.87. The van der Waals surface area contributed by atoms with Crippen LogP contribution in [0.4, 0.5) is 0 Å². The van der Waals surface area contributed by atoms with Gasteiger partial charge in [0, 0.05) is 18.5 Å². The molecule has 0 radical (unpaired) electrons. The highest BCUT2D eigenvalue weighted by Crippen LogP contribution is 2.14. The number of rotatable bonds is 2. The van der Waals surface area contributed by atoms with E-state index in [1.54, 1.807) is 13.8 Å². The first kappa shape index (κ1) is 14.4. The molecular formula is C11H24N2O2. The van der Waals surface area contributed by atoms with Crippen LogP contribution >= 0.6 is 0 Å². The molecule has 4 N–H and O–H groups in total. The monoisotopic (exact) mass is 216 g/mol. The molecule has 0 bridgehead atoms. The number of hydrogen-bond acceptors (Lipinski definition) is 4. The van der Waals surface area contributed by atoms with Crippen molar-refractivity contribution in [3.63, 3.8) is 0 Å². The van der Waals surface area contributed by atoms with Crippen molar-refractivity contribution in [2.75, 3.05) is 6.61 Å². The molecule has 90 valence electrons. The standard InChI is InChI=1S/C6H14N2.C5H10O2/c7-5-2-1-3-6(8)4-5;1-3-5(6)7-4-2/h5-6H,1-4,7-8H2;3-4H2,1-2H3. The van der Waals surface area contributed by atoms with E-state index in [0.717, 1.165) is 6.42 Å². The van der Waals surface area contributed by atoms with Crippen molar-refractivity contribution in [3.8, 4) is 0 Å². The van der Waals surface area contributed by atoms with E-state index in [1.165, 1.54) is 19.3 Å². The van der Waals surface area contributed by atoms with Crippen LogP contribution < -0.4 is 11.5 Å². The summed E-state index contributed by atoms with van der Waals surface area (Å²) >= 11 is 0. The first-order valence-corrected chi connectivity index (χ1v) is 5.76. The van der Waals surface area contributed by atoms with E-state index in [0.29, 0.717) is 25.1 Å². The smallest absolute Gasteiger partial charge is 0.305 e. The van der Waals surface area contributed by atoms with Crippen molar-refractivity contribution < 1.29 is 9.53 Å². The minimum Gasteiger partial charge on any atom is -0.466 e. The van der Waals surface area contributed by atoms with Crippen molar-refractivity contribution in [1.29, 1.82) is 0 Å². The SMILES string of the molecule is CCOC(=O)CC.NC1CCCC(N)C1. The van der Waals surface area contributed by atoms with Crippen LogP contribution in [0.5, 0.6) is 0 Å². The van der Waals surface area contributed by atoms with Crippen molar-refractivity contribution in [3.05, 3.63) is 0 Å². The fourth-order valence-corrected chi connectivity index (χ4v) is 1.53. The summed E-state index contributed by atoms with van der Waals surface area (Å²) in [6, 6.07) is 0.775. The Labute approximate surface area is 92.3 Å². The lowest BCUT2D eigenvalue weighted by molar-refractivity contribution is -0.142. The molecule has 2 atom stereocenters. The van der Waals surface area contributed by atoms with Gasteiger partial charge in [-0.25, -0.2) is 0 Å². The number of carbonyl (C=O) groups excluding carboxylic acids is 1. The summed E-state index contributed by atoms with van der Waals surface area (Å²) in [5, 5.41) is 0. The third-order valence-electron chi connectivity index (χ3n) is 2.35. The molecule has 1 aliphatic rings. The molecule has 15 heavy (non-hydrogen) atoms. The van der Waals surface area contributed by atoms with Crippen molar-refractivity contribution >= 4 is 5.97 Å². The van der Waals surface area contributed by atoms with E-state index in [1.807, 2.05) is 0 Å². The molecule has 1 aliphatic carbocycles. The molecule has 1 fully saturated rings. The van der Waals surface area contributed by atoms with E-state index in [9.17, 15) is 4.79 Å². The van der Waals surface area contributed by atoms with Crippen LogP contribution in [-0.4, -0.2) is 24.7 Å². The minimum absolute atomic E-state index is 0.123. The van der Waals surface area contributed by atoms with Crippen LogP contribution in [0.2, 0.25) is 0 Å². The molecule has 4 heteroatoms. The first-order valence-electron chi connectivity index (χ1n) is 5.76. The van der Waals surface area contributed by atoms with Crippen molar-refractivity contribution in [2.24, 2.45) is 11.5 Å². The van der Waals surface area contributed by atoms with Gasteiger partial charge >= 0.3 is 5.97 Å². The average molecular weight is 216 g/mol. The topological polar surface area (TPSA) is 78.3 Å². The van der Waals surface area contributed by atoms with Crippen molar-refractivity contribution in [1.82, 2.24) is 0 Å². The molecule has 1 saturated carbocycles. The number of hydrogen-bond donors (Lipinski definition) is 2. The predicted molar refractivity (Wildman–Crippen MR) is 61.3 cm³/mol. The van der Waals surface area contributed by atoms with Crippen LogP contribution in [0.1, 0.15) is 46.0 Å². The maximum atomic E-state index is 10.2. The lowest BCUT2D eigenvalue weighted by atomic mass is 9.92. The fourth-order valence-electron chi connectivity index (χ4n) is 1.53. The van der Waals surface area contributed by atoms with Gasteiger partial charge in [0.2, 0.25) is 0 Å². The third kappa shape index (κ3) is 8.39. The molecule has 0 spiro atoms. The van der Waals surface area contributed by atoms with E-state index >= 15 is 0 Å². The first-order chi connectivity index (χ1) is 7.10. The summed E-state index contributed by atoms with van der Waals surface area (Å²) in [7, 11) is 0. The largest absolute Gasteiger partial charge is 0.466 e.